The van der Waals surface area contributed by atoms with Gasteiger partial charge in [-0.3, -0.25) is 4.79 Å². The number of phenols is 1. The molecule has 0 aliphatic rings. The van der Waals surface area contributed by atoms with Crippen LogP contribution in [0.4, 0.5) is 5.69 Å². The van der Waals surface area contributed by atoms with Crippen LogP contribution in [-0.2, 0) is 4.79 Å². The molecule has 24 heavy (non-hydrogen) atoms. The minimum Gasteiger partial charge on any atom is -0.504 e. The number of halogens is 2. The van der Waals surface area contributed by atoms with Crippen molar-refractivity contribution in [3.05, 3.63) is 56.5 Å². The Hall–Kier alpha value is -2.30. The number of benzene rings is 2. The van der Waals surface area contributed by atoms with Crippen LogP contribution in [0.5, 0.6) is 11.5 Å². The average Bonchev–Trinajstić information content (AvgIpc) is 2.56. The summed E-state index contributed by atoms with van der Waals surface area (Å²) in [5, 5.41) is 21.6. The monoisotopic (exact) mass is 450 g/mol. The zero-order valence-corrected chi connectivity index (χ0v) is 15.7. The van der Waals surface area contributed by atoms with E-state index in [0.717, 1.165) is 4.47 Å². The molecule has 0 radical (unpaired) electrons. The van der Waals surface area contributed by atoms with Gasteiger partial charge in [0.1, 0.15) is 11.6 Å². The Bertz CT molecular complexity index is 840. The molecular weight excluding hydrogens is 440 g/mol. The van der Waals surface area contributed by atoms with Crippen molar-refractivity contribution >= 4 is 49.5 Å². The third kappa shape index (κ3) is 4.37. The largest absolute Gasteiger partial charge is 0.504 e. The summed E-state index contributed by atoms with van der Waals surface area (Å²) in [5.74, 6) is -0.326. The number of aromatic hydroxyl groups is 1. The third-order valence-electron chi connectivity index (χ3n) is 3.07. The van der Waals surface area contributed by atoms with E-state index in [9.17, 15) is 15.2 Å². The van der Waals surface area contributed by atoms with E-state index in [4.69, 9.17) is 4.74 Å². The predicted molar refractivity (Wildman–Crippen MR) is 98.7 cm³/mol. The Balaban J connectivity index is 2.30. The first kappa shape index (κ1) is 18.0. The van der Waals surface area contributed by atoms with Crippen molar-refractivity contribution in [2.24, 2.45) is 0 Å². The maximum Gasteiger partial charge on any atom is 0.266 e. The van der Waals surface area contributed by atoms with E-state index in [1.807, 2.05) is 6.07 Å². The lowest BCUT2D eigenvalue weighted by Gasteiger charge is -2.08. The summed E-state index contributed by atoms with van der Waals surface area (Å²) in [4.78, 5) is 12.3. The number of amides is 1. The van der Waals surface area contributed by atoms with Gasteiger partial charge in [-0.1, -0.05) is 31.9 Å². The molecule has 5 nitrogen and oxygen atoms in total. The molecule has 0 aliphatic carbocycles. The molecule has 0 atom stereocenters. The number of hydrogen-bond acceptors (Lipinski definition) is 4. The summed E-state index contributed by atoms with van der Waals surface area (Å²) in [5.41, 5.74) is 1.03. The average molecular weight is 452 g/mol. The van der Waals surface area contributed by atoms with E-state index in [1.54, 1.807) is 24.3 Å². The summed E-state index contributed by atoms with van der Waals surface area (Å²) < 4.78 is 6.45. The van der Waals surface area contributed by atoms with Crippen LogP contribution in [-0.4, -0.2) is 18.1 Å². The van der Waals surface area contributed by atoms with Gasteiger partial charge in [-0.2, -0.15) is 5.26 Å². The molecule has 122 valence electrons. The van der Waals surface area contributed by atoms with E-state index in [-0.39, 0.29) is 17.1 Å². The Labute approximate surface area is 155 Å². The minimum atomic E-state index is -0.529. The number of nitrogens with one attached hydrogen (secondary N) is 1. The van der Waals surface area contributed by atoms with Gasteiger partial charge in [-0.15, -0.1) is 0 Å². The molecular formula is C17H12Br2N2O3. The summed E-state index contributed by atoms with van der Waals surface area (Å²) in [7, 11) is 1.42. The summed E-state index contributed by atoms with van der Waals surface area (Å²) in [6, 6.07) is 11.9. The molecule has 2 aromatic carbocycles. The molecule has 1 amide bonds. The molecule has 0 saturated carbocycles. The van der Waals surface area contributed by atoms with E-state index < -0.39 is 5.91 Å². The van der Waals surface area contributed by atoms with Gasteiger partial charge in [0.2, 0.25) is 0 Å². The number of carbonyl (C=O) groups excluding carboxylic acids is 1. The highest BCUT2D eigenvalue weighted by molar-refractivity contribution is 9.10. The van der Waals surface area contributed by atoms with Crippen molar-refractivity contribution in [3.63, 3.8) is 0 Å². The molecule has 2 aromatic rings. The van der Waals surface area contributed by atoms with Gasteiger partial charge in [0.25, 0.3) is 5.91 Å². The quantitative estimate of drug-likeness (QED) is 0.530. The number of carbonyl (C=O) groups is 1. The van der Waals surface area contributed by atoms with Crippen LogP contribution in [0.25, 0.3) is 6.08 Å². The van der Waals surface area contributed by atoms with Crippen LogP contribution in [0.15, 0.2) is 50.9 Å². The number of nitrogens with zero attached hydrogens (tertiary/aromatic N) is 1. The van der Waals surface area contributed by atoms with Crippen LogP contribution in [0, 0.1) is 11.3 Å². The molecule has 2 rings (SSSR count). The molecule has 0 spiro atoms. The smallest absolute Gasteiger partial charge is 0.266 e. The lowest BCUT2D eigenvalue weighted by atomic mass is 10.1. The maximum atomic E-state index is 12.3. The highest BCUT2D eigenvalue weighted by atomic mass is 79.9. The van der Waals surface area contributed by atoms with E-state index in [2.05, 4.69) is 37.2 Å². The van der Waals surface area contributed by atoms with Gasteiger partial charge < -0.3 is 15.2 Å². The summed E-state index contributed by atoms with van der Waals surface area (Å²) in [6.07, 6.45) is 1.42. The van der Waals surface area contributed by atoms with Crippen molar-refractivity contribution in [2.45, 2.75) is 0 Å². The van der Waals surface area contributed by atoms with Crippen LogP contribution in [0.2, 0.25) is 0 Å². The molecule has 0 saturated heterocycles. The minimum absolute atomic E-state index is 0.0423. The Morgan fingerprint density at radius 1 is 1.29 bits per heavy atom. The fourth-order valence-corrected chi connectivity index (χ4v) is 2.58. The molecule has 0 aromatic heterocycles. The Morgan fingerprint density at radius 2 is 1.96 bits per heavy atom. The number of ether oxygens (including phenoxy) is 1. The third-order valence-corrected chi connectivity index (χ3v) is 4.28. The normalized spacial score (nSPS) is 10.8. The second-order valence-corrected chi connectivity index (χ2v) is 6.45. The first-order chi connectivity index (χ1) is 11.4. The standard InChI is InChI=1S/C17H12Br2N2O3/c1-24-16-7-10(14(19)8-15(16)22)6-11(9-20)17(23)21-13-4-2-12(18)3-5-13/h2-8,22H,1H3,(H,21,23)/b11-6-. The topological polar surface area (TPSA) is 82.3 Å². The van der Waals surface area contributed by atoms with Gasteiger partial charge in [-0.25, -0.2) is 0 Å². The number of rotatable bonds is 4. The first-order valence-corrected chi connectivity index (χ1v) is 8.28. The van der Waals surface area contributed by atoms with Crippen LogP contribution >= 0.6 is 31.9 Å². The van der Waals surface area contributed by atoms with Gasteiger partial charge in [0.15, 0.2) is 11.5 Å². The van der Waals surface area contributed by atoms with Gasteiger partial charge in [0, 0.05) is 14.6 Å². The Kier molecular flexibility index (Phi) is 6.01. The van der Waals surface area contributed by atoms with Gasteiger partial charge in [-0.05, 0) is 48.0 Å². The molecule has 0 bridgehead atoms. The number of nitriles is 1. The lowest BCUT2D eigenvalue weighted by molar-refractivity contribution is -0.112. The first-order valence-electron chi connectivity index (χ1n) is 6.70. The molecule has 0 heterocycles. The van der Waals surface area contributed by atoms with E-state index in [0.29, 0.717) is 15.7 Å². The van der Waals surface area contributed by atoms with Crippen molar-refractivity contribution in [3.8, 4) is 17.6 Å². The van der Waals surface area contributed by atoms with E-state index >= 15 is 0 Å². The zero-order chi connectivity index (χ0) is 17.7. The zero-order valence-electron chi connectivity index (χ0n) is 12.5. The SMILES string of the molecule is COc1cc(/C=C(/C#N)C(=O)Nc2ccc(Br)cc2)c(Br)cc1O. The fourth-order valence-electron chi connectivity index (χ4n) is 1.87. The second-order valence-electron chi connectivity index (χ2n) is 4.68. The highest BCUT2D eigenvalue weighted by Crippen LogP contribution is 2.33. The maximum absolute atomic E-state index is 12.3. The van der Waals surface area contributed by atoms with E-state index in [1.165, 1.54) is 25.3 Å². The van der Waals surface area contributed by atoms with Crippen LogP contribution in [0.3, 0.4) is 0 Å². The Morgan fingerprint density at radius 3 is 2.54 bits per heavy atom. The molecule has 0 aliphatic heterocycles. The van der Waals surface area contributed by atoms with Crippen molar-refractivity contribution in [2.75, 3.05) is 12.4 Å². The number of methoxy groups -OCH3 is 1. The van der Waals surface area contributed by atoms with Gasteiger partial charge >= 0.3 is 0 Å². The molecule has 7 heteroatoms. The predicted octanol–water partition coefficient (Wildman–Crippen LogP) is 4.47. The van der Waals surface area contributed by atoms with Crippen LogP contribution < -0.4 is 10.1 Å². The summed E-state index contributed by atoms with van der Waals surface area (Å²) >= 11 is 6.60. The fraction of sp³-hybridized carbons (Fsp3) is 0.0588. The number of phenolic OH excluding ortho intramolecular Hbond substituents is 1. The highest BCUT2D eigenvalue weighted by Gasteiger charge is 2.12. The number of anilines is 1. The van der Waals surface area contributed by atoms with Crippen molar-refractivity contribution < 1.29 is 14.6 Å². The molecule has 2 N–H and O–H groups in total. The second kappa shape index (κ2) is 7.99. The lowest BCUT2D eigenvalue weighted by Crippen LogP contribution is -2.13. The number of hydrogen-bond donors (Lipinski definition) is 2. The summed E-state index contributed by atoms with van der Waals surface area (Å²) in [6.45, 7) is 0. The van der Waals surface area contributed by atoms with Crippen molar-refractivity contribution in [1.82, 2.24) is 0 Å². The van der Waals surface area contributed by atoms with Crippen LogP contribution in [0.1, 0.15) is 5.56 Å². The molecule has 0 unspecified atom stereocenters. The van der Waals surface area contributed by atoms with Gasteiger partial charge in [0.05, 0.1) is 7.11 Å². The molecule has 0 fully saturated rings. The van der Waals surface area contributed by atoms with Crippen molar-refractivity contribution in [1.29, 1.82) is 5.26 Å².